The molecular formula is C13H23NO3. The van der Waals surface area contributed by atoms with Gasteiger partial charge in [0.05, 0.1) is 12.3 Å². The summed E-state index contributed by atoms with van der Waals surface area (Å²) in [6.07, 6.45) is 1.82. The van der Waals surface area contributed by atoms with Gasteiger partial charge in [0.1, 0.15) is 5.60 Å². The molecule has 1 aliphatic rings. The third-order valence-electron chi connectivity index (χ3n) is 2.95. The van der Waals surface area contributed by atoms with E-state index in [0.29, 0.717) is 19.4 Å². The number of ether oxygens (including phenoxy) is 1. The highest BCUT2D eigenvalue weighted by molar-refractivity contribution is 5.90. The lowest BCUT2D eigenvalue weighted by molar-refractivity contribution is -0.144. The quantitative estimate of drug-likeness (QED) is 0.711. The maximum Gasteiger partial charge on any atom is 0.305 e. The number of rotatable bonds is 4. The zero-order valence-electron chi connectivity index (χ0n) is 11.5. The van der Waals surface area contributed by atoms with E-state index in [-0.39, 0.29) is 17.0 Å². The van der Waals surface area contributed by atoms with Crippen LogP contribution in [0.15, 0.2) is 5.16 Å². The van der Waals surface area contributed by atoms with Crippen molar-refractivity contribution in [1.29, 1.82) is 0 Å². The summed E-state index contributed by atoms with van der Waals surface area (Å²) in [6, 6.07) is 0. The highest BCUT2D eigenvalue weighted by atomic mass is 16.7. The molecule has 0 aliphatic carbocycles. The normalized spacial score (nSPS) is 24.2. The number of hydrogen-bond acceptors (Lipinski definition) is 4. The van der Waals surface area contributed by atoms with Crippen LogP contribution in [0.5, 0.6) is 0 Å². The zero-order valence-corrected chi connectivity index (χ0v) is 11.5. The predicted octanol–water partition coefficient (Wildman–Crippen LogP) is 2.91. The molecule has 1 rings (SSSR count). The second-order valence-corrected chi connectivity index (χ2v) is 5.81. The van der Waals surface area contributed by atoms with Crippen LogP contribution in [-0.4, -0.2) is 23.9 Å². The van der Waals surface area contributed by atoms with E-state index >= 15 is 0 Å². The summed E-state index contributed by atoms with van der Waals surface area (Å²) in [6.45, 7) is 10.6. The lowest BCUT2D eigenvalue weighted by Gasteiger charge is -2.22. The first-order valence-electron chi connectivity index (χ1n) is 6.18. The Morgan fingerprint density at radius 2 is 2.18 bits per heavy atom. The molecule has 98 valence electrons. The van der Waals surface area contributed by atoms with Gasteiger partial charge in [0.2, 0.25) is 0 Å². The Hall–Kier alpha value is -1.06. The van der Waals surface area contributed by atoms with Gasteiger partial charge in [-0.3, -0.25) is 4.79 Å². The molecule has 0 aromatic rings. The summed E-state index contributed by atoms with van der Waals surface area (Å²) in [4.78, 5) is 16.8. The summed E-state index contributed by atoms with van der Waals surface area (Å²) in [5, 5.41) is 4.15. The Kier molecular flexibility index (Phi) is 4.17. The Bertz CT molecular complexity index is 317. The number of carbonyl (C=O) groups excluding carboxylic acids is 1. The van der Waals surface area contributed by atoms with Gasteiger partial charge in [-0.2, -0.15) is 0 Å². The summed E-state index contributed by atoms with van der Waals surface area (Å²) >= 11 is 0. The van der Waals surface area contributed by atoms with Crippen molar-refractivity contribution in [3.8, 4) is 0 Å². The molecule has 0 radical (unpaired) electrons. The number of nitrogens with zero attached hydrogens (tertiary/aromatic N) is 1. The van der Waals surface area contributed by atoms with Gasteiger partial charge in [0.25, 0.3) is 0 Å². The van der Waals surface area contributed by atoms with Gasteiger partial charge in [0, 0.05) is 24.7 Å². The monoisotopic (exact) mass is 241 g/mol. The third-order valence-corrected chi connectivity index (χ3v) is 2.95. The smallest absolute Gasteiger partial charge is 0.305 e. The first-order chi connectivity index (χ1) is 7.77. The molecule has 1 aliphatic heterocycles. The van der Waals surface area contributed by atoms with Gasteiger partial charge >= 0.3 is 5.97 Å². The minimum atomic E-state index is -0.352. The molecule has 0 spiro atoms. The van der Waals surface area contributed by atoms with Gasteiger partial charge in [-0.1, -0.05) is 25.9 Å². The molecule has 1 heterocycles. The van der Waals surface area contributed by atoms with Crippen molar-refractivity contribution in [1.82, 2.24) is 0 Å². The van der Waals surface area contributed by atoms with Gasteiger partial charge in [-0.05, 0) is 13.8 Å². The van der Waals surface area contributed by atoms with Crippen LogP contribution in [0.2, 0.25) is 0 Å². The molecule has 0 saturated heterocycles. The van der Waals surface area contributed by atoms with E-state index in [1.807, 2.05) is 13.8 Å². The van der Waals surface area contributed by atoms with E-state index in [1.54, 1.807) is 0 Å². The molecule has 0 aromatic heterocycles. The van der Waals surface area contributed by atoms with Crippen LogP contribution in [0.25, 0.3) is 0 Å². The van der Waals surface area contributed by atoms with Gasteiger partial charge < -0.3 is 9.57 Å². The van der Waals surface area contributed by atoms with Crippen molar-refractivity contribution in [2.45, 2.75) is 59.5 Å². The third kappa shape index (κ3) is 4.02. The predicted molar refractivity (Wildman–Crippen MR) is 66.9 cm³/mol. The Morgan fingerprint density at radius 1 is 1.53 bits per heavy atom. The molecule has 0 amide bonds. The van der Waals surface area contributed by atoms with E-state index < -0.39 is 0 Å². The van der Waals surface area contributed by atoms with Crippen LogP contribution in [0.4, 0.5) is 0 Å². The first-order valence-corrected chi connectivity index (χ1v) is 6.18. The van der Waals surface area contributed by atoms with E-state index in [2.05, 4.69) is 25.9 Å². The number of carbonyl (C=O) groups is 1. The summed E-state index contributed by atoms with van der Waals surface area (Å²) in [7, 11) is 0. The van der Waals surface area contributed by atoms with Crippen molar-refractivity contribution < 1.29 is 14.4 Å². The first kappa shape index (κ1) is 14.0. The Balaban J connectivity index is 2.45. The van der Waals surface area contributed by atoms with Crippen molar-refractivity contribution >= 4 is 11.7 Å². The Morgan fingerprint density at radius 3 is 2.65 bits per heavy atom. The van der Waals surface area contributed by atoms with Crippen LogP contribution < -0.4 is 0 Å². The topological polar surface area (TPSA) is 47.9 Å². The average Bonchev–Trinajstić information content (AvgIpc) is 2.59. The fourth-order valence-corrected chi connectivity index (χ4v) is 1.72. The van der Waals surface area contributed by atoms with Crippen molar-refractivity contribution in [3.05, 3.63) is 0 Å². The standard InChI is InChI=1S/C13H23NO3/c1-6-16-11(15)7-8-13(5)9-10(14-17-13)12(2,3)4/h6-9H2,1-5H3. The molecule has 4 heteroatoms. The van der Waals surface area contributed by atoms with Crippen molar-refractivity contribution in [2.24, 2.45) is 10.6 Å². The average molecular weight is 241 g/mol. The highest BCUT2D eigenvalue weighted by Gasteiger charge is 2.38. The lowest BCUT2D eigenvalue weighted by atomic mass is 9.82. The van der Waals surface area contributed by atoms with Crippen molar-refractivity contribution in [3.63, 3.8) is 0 Å². The molecule has 0 N–H and O–H groups in total. The fraction of sp³-hybridized carbons (Fsp3) is 0.846. The molecule has 1 unspecified atom stereocenters. The fourth-order valence-electron chi connectivity index (χ4n) is 1.72. The van der Waals surface area contributed by atoms with E-state index in [0.717, 1.165) is 12.1 Å². The second-order valence-electron chi connectivity index (χ2n) is 5.81. The minimum absolute atomic E-state index is 0.0295. The summed E-state index contributed by atoms with van der Waals surface area (Å²) in [5.41, 5.74) is 0.737. The molecule has 17 heavy (non-hydrogen) atoms. The number of hydrogen-bond donors (Lipinski definition) is 0. The maximum atomic E-state index is 11.3. The maximum absolute atomic E-state index is 11.3. The molecule has 0 saturated carbocycles. The van der Waals surface area contributed by atoms with Crippen LogP contribution in [0.3, 0.4) is 0 Å². The second kappa shape index (κ2) is 5.07. The van der Waals surface area contributed by atoms with Gasteiger partial charge in [0.15, 0.2) is 0 Å². The minimum Gasteiger partial charge on any atom is -0.466 e. The van der Waals surface area contributed by atoms with Gasteiger partial charge in [-0.15, -0.1) is 0 Å². The Labute approximate surface area is 103 Å². The van der Waals surface area contributed by atoms with Crippen LogP contribution in [0.1, 0.15) is 53.9 Å². The van der Waals surface area contributed by atoms with Gasteiger partial charge in [-0.25, -0.2) is 0 Å². The number of oxime groups is 1. The lowest BCUT2D eigenvalue weighted by Crippen LogP contribution is -2.29. The SMILES string of the molecule is CCOC(=O)CCC1(C)CC(C(C)(C)C)=NO1. The van der Waals surface area contributed by atoms with Crippen LogP contribution in [-0.2, 0) is 14.4 Å². The van der Waals surface area contributed by atoms with E-state index in [9.17, 15) is 4.79 Å². The van der Waals surface area contributed by atoms with Crippen LogP contribution >= 0.6 is 0 Å². The van der Waals surface area contributed by atoms with Crippen molar-refractivity contribution in [2.75, 3.05) is 6.61 Å². The van der Waals surface area contributed by atoms with Crippen LogP contribution in [0, 0.1) is 5.41 Å². The molecular weight excluding hydrogens is 218 g/mol. The summed E-state index contributed by atoms with van der Waals surface area (Å²) < 4.78 is 4.91. The van der Waals surface area contributed by atoms with E-state index in [1.165, 1.54) is 0 Å². The zero-order chi connectivity index (χ0) is 13.1. The largest absolute Gasteiger partial charge is 0.466 e. The van der Waals surface area contributed by atoms with E-state index in [4.69, 9.17) is 9.57 Å². The molecule has 0 aromatic carbocycles. The number of esters is 1. The molecule has 0 bridgehead atoms. The summed E-state index contributed by atoms with van der Waals surface area (Å²) in [5.74, 6) is -0.165. The molecule has 1 atom stereocenters. The molecule has 0 fully saturated rings. The molecule has 4 nitrogen and oxygen atoms in total. The highest BCUT2D eigenvalue weighted by Crippen LogP contribution is 2.34.